The highest BCUT2D eigenvalue weighted by Crippen LogP contribution is 2.12. The molecule has 6 nitrogen and oxygen atoms in total. The zero-order chi connectivity index (χ0) is 12.1. The lowest BCUT2D eigenvalue weighted by atomic mass is 10.3. The predicted molar refractivity (Wildman–Crippen MR) is 59.5 cm³/mol. The molecule has 0 saturated heterocycles. The lowest BCUT2D eigenvalue weighted by Crippen LogP contribution is -2.40. The molecule has 4 N–H and O–H groups in total. The Labute approximate surface area is 100.0 Å². The van der Waals surface area contributed by atoms with E-state index in [1.807, 2.05) is 0 Å². The number of carbonyl (C=O) groups excluding carboxylic acids is 2. The number of primary amides is 1. The number of hydrogen-bond donors (Lipinski definition) is 3. The topological polar surface area (TPSA) is 105 Å². The van der Waals surface area contributed by atoms with Crippen molar-refractivity contribution < 1.29 is 14.7 Å². The Morgan fingerprint density at radius 3 is 2.88 bits per heavy atom. The summed E-state index contributed by atoms with van der Waals surface area (Å²) in [6.07, 6.45) is 0.0657. The average molecular weight is 288 g/mol. The van der Waals surface area contributed by atoms with E-state index >= 15 is 0 Å². The summed E-state index contributed by atoms with van der Waals surface area (Å²) in [5.74, 6) is -1.38. The summed E-state index contributed by atoms with van der Waals surface area (Å²) in [5.41, 5.74) is 5.01. The number of halogens is 1. The lowest BCUT2D eigenvalue weighted by molar-refractivity contribution is -0.125. The van der Waals surface area contributed by atoms with Gasteiger partial charge in [0, 0.05) is 10.7 Å². The Bertz CT molecular complexity index is 411. The minimum absolute atomic E-state index is 0.180. The quantitative estimate of drug-likeness (QED) is 0.689. The van der Waals surface area contributed by atoms with E-state index in [-0.39, 0.29) is 12.2 Å². The molecule has 0 fully saturated rings. The minimum Gasteiger partial charge on any atom is -0.381 e. The molecule has 1 unspecified atom stereocenters. The number of hydrogen-bond acceptors (Lipinski definition) is 4. The van der Waals surface area contributed by atoms with E-state index in [0.717, 1.165) is 0 Å². The van der Waals surface area contributed by atoms with E-state index in [0.29, 0.717) is 4.47 Å². The second-order valence-electron chi connectivity index (χ2n) is 2.96. The average Bonchev–Trinajstić information content (AvgIpc) is 2.25. The van der Waals surface area contributed by atoms with Crippen LogP contribution in [0.2, 0.25) is 0 Å². The molecule has 7 heteroatoms. The van der Waals surface area contributed by atoms with Crippen LogP contribution >= 0.6 is 15.9 Å². The summed E-state index contributed by atoms with van der Waals surface area (Å²) in [7, 11) is 0. The zero-order valence-electron chi connectivity index (χ0n) is 8.18. The van der Waals surface area contributed by atoms with Gasteiger partial charge in [-0.15, -0.1) is 0 Å². The predicted octanol–water partition coefficient (Wildman–Crippen LogP) is -0.580. The Kier molecular flexibility index (Phi) is 4.39. The van der Waals surface area contributed by atoms with Gasteiger partial charge in [0.25, 0.3) is 5.91 Å². The number of pyridine rings is 1. The number of aliphatic hydroxyl groups is 1. The molecular weight excluding hydrogens is 278 g/mol. The SMILES string of the molecule is NC(=O)C(O)CNC(=O)c1ncccc1Br. The molecule has 0 saturated carbocycles. The molecule has 86 valence electrons. The summed E-state index contributed by atoms with van der Waals surface area (Å²) in [6, 6.07) is 3.32. The van der Waals surface area contributed by atoms with Crippen LogP contribution in [-0.2, 0) is 4.79 Å². The fourth-order valence-corrected chi connectivity index (χ4v) is 1.36. The van der Waals surface area contributed by atoms with Crippen LogP contribution in [-0.4, -0.2) is 34.6 Å². The van der Waals surface area contributed by atoms with Gasteiger partial charge >= 0.3 is 0 Å². The van der Waals surface area contributed by atoms with E-state index in [2.05, 4.69) is 26.2 Å². The lowest BCUT2D eigenvalue weighted by Gasteiger charge is -2.08. The summed E-state index contributed by atoms with van der Waals surface area (Å²) < 4.78 is 0.529. The van der Waals surface area contributed by atoms with E-state index in [1.54, 1.807) is 12.1 Å². The molecule has 0 radical (unpaired) electrons. The fourth-order valence-electron chi connectivity index (χ4n) is 0.926. The maximum absolute atomic E-state index is 11.5. The molecule has 0 bridgehead atoms. The van der Waals surface area contributed by atoms with Crippen LogP contribution in [0.1, 0.15) is 10.5 Å². The van der Waals surface area contributed by atoms with Gasteiger partial charge in [0.05, 0.1) is 6.54 Å². The third-order valence-corrected chi connectivity index (χ3v) is 2.40. The number of amides is 2. The highest BCUT2D eigenvalue weighted by Gasteiger charge is 2.15. The molecule has 1 heterocycles. The van der Waals surface area contributed by atoms with Crippen molar-refractivity contribution in [2.75, 3.05) is 6.54 Å². The highest BCUT2D eigenvalue weighted by molar-refractivity contribution is 9.10. The van der Waals surface area contributed by atoms with Gasteiger partial charge in [0.1, 0.15) is 11.8 Å². The van der Waals surface area contributed by atoms with E-state index in [4.69, 9.17) is 10.8 Å². The van der Waals surface area contributed by atoms with Crippen molar-refractivity contribution in [2.24, 2.45) is 5.73 Å². The smallest absolute Gasteiger partial charge is 0.271 e. The first-order chi connectivity index (χ1) is 7.52. The Morgan fingerprint density at radius 2 is 2.31 bits per heavy atom. The maximum Gasteiger partial charge on any atom is 0.271 e. The Hall–Kier alpha value is -1.47. The van der Waals surface area contributed by atoms with Crippen LogP contribution < -0.4 is 11.1 Å². The monoisotopic (exact) mass is 287 g/mol. The normalized spacial score (nSPS) is 11.9. The molecule has 16 heavy (non-hydrogen) atoms. The van der Waals surface area contributed by atoms with Crippen molar-refractivity contribution in [1.29, 1.82) is 0 Å². The Morgan fingerprint density at radius 1 is 1.62 bits per heavy atom. The molecule has 0 aromatic carbocycles. The molecule has 0 aliphatic rings. The first-order valence-corrected chi connectivity index (χ1v) is 5.17. The zero-order valence-corrected chi connectivity index (χ0v) is 9.77. The molecule has 2 amide bonds. The summed E-state index contributed by atoms with van der Waals surface area (Å²) >= 11 is 3.16. The van der Waals surface area contributed by atoms with Crippen LogP contribution in [0, 0.1) is 0 Å². The van der Waals surface area contributed by atoms with Crippen LogP contribution in [0.3, 0.4) is 0 Å². The van der Waals surface area contributed by atoms with Crippen molar-refractivity contribution >= 4 is 27.7 Å². The molecule has 0 aliphatic heterocycles. The molecule has 1 rings (SSSR count). The van der Waals surface area contributed by atoms with Gasteiger partial charge in [-0.3, -0.25) is 9.59 Å². The number of nitrogens with two attached hydrogens (primary N) is 1. The second kappa shape index (κ2) is 5.57. The van der Waals surface area contributed by atoms with Gasteiger partial charge in [-0.05, 0) is 28.1 Å². The standard InChI is InChI=1S/C9H10BrN3O3/c10-5-2-1-3-12-7(5)9(16)13-4-6(14)8(11)15/h1-3,6,14H,4H2,(H2,11,15)(H,13,16). The summed E-state index contributed by atoms with van der Waals surface area (Å²) in [5, 5.41) is 11.4. The van der Waals surface area contributed by atoms with Crippen molar-refractivity contribution in [2.45, 2.75) is 6.10 Å². The molecular formula is C9H10BrN3O3. The third-order valence-electron chi connectivity index (χ3n) is 1.76. The Balaban J connectivity index is 2.60. The molecule has 0 aliphatic carbocycles. The van der Waals surface area contributed by atoms with Crippen LogP contribution in [0.15, 0.2) is 22.8 Å². The van der Waals surface area contributed by atoms with Crippen molar-refractivity contribution in [3.63, 3.8) is 0 Å². The minimum atomic E-state index is -1.40. The van der Waals surface area contributed by atoms with Crippen molar-refractivity contribution in [3.05, 3.63) is 28.5 Å². The van der Waals surface area contributed by atoms with E-state index < -0.39 is 17.9 Å². The van der Waals surface area contributed by atoms with E-state index in [1.165, 1.54) is 6.20 Å². The number of carbonyl (C=O) groups is 2. The largest absolute Gasteiger partial charge is 0.381 e. The van der Waals surface area contributed by atoms with Crippen molar-refractivity contribution in [3.8, 4) is 0 Å². The van der Waals surface area contributed by atoms with E-state index in [9.17, 15) is 9.59 Å². The first kappa shape index (κ1) is 12.6. The first-order valence-electron chi connectivity index (χ1n) is 4.38. The number of rotatable bonds is 4. The van der Waals surface area contributed by atoms with Gasteiger partial charge in [-0.2, -0.15) is 0 Å². The summed E-state index contributed by atoms with van der Waals surface area (Å²) in [4.78, 5) is 25.9. The van der Waals surface area contributed by atoms with Gasteiger partial charge in [0.15, 0.2) is 0 Å². The fraction of sp³-hybridized carbons (Fsp3) is 0.222. The molecule has 0 spiro atoms. The summed E-state index contributed by atoms with van der Waals surface area (Å²) in [6.45, 7) is -0.239. The van der Waals surface area contributed by atoms with Gasteiger partial charge in [0.2, 0.25) is 5.91 Å². The number of nitrogens with zero attached hydrogens (tertiary/aromatic N) is 1. The molecule has 1 aromatic rings. The van der Waals surface area contributed by atoms with Crippen LogP contribution in [0.25, 0.3) is 0 Å². The maximum atomic E-state index is 11.5. The highest BCUT2D eigenvalue weighted by atomic mass is 79.9. The third kappa shape index (κ3) is 3.28. The number of nitrogens with one attached hydrogen (secondary N) is 1. The van der Waals surface area contributed by atoms with Gasteiger partial charge in [-0.25, -0.2) is 4.98 Å². The van der Waals surface area contributed by atoms with Crippen LogP contribution in [0.5, 0.6) is 0 Å². The van der Waals surface area contributed by atoms with Gasteiger partial charge in [-0.1, -0.05) is 0 Å². The van der Waals surface area contributed by atoms with Crippen LogP contribution in [0.4, 0.5) is 0 Å². The van der Waals surface area contributed by atoms with Gasteiger partial charge < -0.3 is 16.2 Å². The number of aromatic nitrogens is 1. The molecule has 1 atom stereocenters. The van der Waals surface area contributed by atoms with Crippen molar-refractivity contribution in [1.82, 2.24) is 10.3 Å². The second-order valence-corrected chi connectivity index (χ2v) is 3.82. The molecule has 1 aromatic heterocycles. The number of aliphatic hydroxyl groups excluding tert-OH is 1.